The summed E-state index contributed by atoms with van der Waals surface area (Å²) < 4.78 is 37.0. The molecule has 0 radical (unpaired) electrons. The first-order valence-electron chi connectivity index (χ1n) is 13.1. The summed E-state index contributed by atoms with van der Waals surface area (Å²) in [5.41, 5.74) is 1.01. The fourth-order valence-electron chi connectivity index (χ4n) is 4.82. The summed E-state index contributed by atoms with van der Waals surface area (Å²) >= 11 is 6.26. The lowest BCUT2D eigenvalue weighted by atomic mass is 9.95. The fourth-order valence-corrected chi connectivity index (χ4v) is 5.91. The van der Waals surface area contributed by atoms with Crippen molar-refractivity contribution in [3.05, 3.63) is 53.1 Å². The molecule has 0 aliphatic heterocycles. The van der Waals surface area contributed by atoms with E-state index in [4.69, 9.17) is 21.1 Å². The summed E-state index contributed by atoms with van der Waals surface area (Å²) in [7, 11) is -0.845. The summed E-state index contributed by atoms with van der Waals surface area (Å²) in [5.74, 6) is 0.309. The summed E-state index contributed by atoms with van der Waals surface area (Å²) in [5, 5.41) is 3.34. The largest absolute Gasteiger partial charge is 0.497 e. The third-order valence-corrected chi connectivity index (χ3v) is 8.39. The molecule has 3 rings (SSSR count). The zero-order valence-corrected chi connectivity index (χ0v) is 24.6. The van der Waals surface area contributed by atoms with Gasteiger partial charge in [0.2, 0.25) is 21.8 Å². The van der Waals surface area contributed by atoms with Crippen molar-refractivity contribution in [2.75, 3.05) is 31.3 Å². The maximum atomic E-state index is 13.9. The molecule has 1 atom stereocenters. The summed E-state index contributed by atoms with van der Waals surface area (Å²) in [6.45, 7) is 1.47. The number of carbonyl (C=O) groups excluding carboxylic acids is 2. The SMILES string of the molecule is CC[C@H](C(=O)NC1CCCCC1)N(Cc1ccc(OC)cc1)C(=O)CN(c1ccc(OC)c(Cl)c1)S(C)(=O)=O. The molecule has 0 bridgehead atoms. The normalized spacial score (nSPS) is 14.8. The number of ether oxygens (including phenoxy) is 2. The van der Waals surface area contributed by atoms with Crippen LogP contribution in [0.15, 0.2) is 42.5 Å². The van der Waals surface area contributed by atoms with Crippen LogP contribution >= 0.6 is 11.6 Å². The summed E-state index contributed by atoms with van der Waals surface area (Å²) in [6, 6.07) is 11.0. The first-order chi connectivity index (χ1) is 18.6. The van der Waals surface area contributed by atoms with E-state index in [0.717, 1.165) is 48.2 Å². The maximum absolute atomic E-state index is 13.9. The molecule has 0 spiro atoms. The Hall–Kier alpha value is -2.98. The van der Waals surface area contributed by atoms with E-state index in [1.165, 1.54) is 24.1 Å². The number of carbonyl (C=O) groups is 2. The van der Waals surface area contributed by atoms with Crippen molar-refractivity contribution in [2.45, 2.75) is 64.1 Å². The Morgan fingerprint density at radius 3 is 2.26 bits per heavy atom. The van der Waals surface area contributed by atoms with E-state index in [-0.39, 0.29) is 29.2 Å². The van der Waals surface area contributed by atoms with Gasteiger partial charge < -0.3 is 19.7 Å². The Morgan fingerprint density at radius 2 is 1.72 bits per heavy atom. The highest BCUT2D eigenvalue weighted by molar-refractivity contribution is 7.92. The van der Waals surface area contributed by atoms with Crippen LogP contribution in [-0.2, 0) is 26.2 Å². The Bertz CT molecular complexity index is 1230. The topological polar surface area (TPSA) is 105 Å². The standard InChI is InChI=1S/C28H38ClN3O6S/c1-5-25(28(34)30-21-9-7-6-8-10-21)31(18-20-11-14-23(37-2)15-12-20)27(33)19-32(39(4,35)36)22-13-16-26(38-3)24(29)17-22/h11-17,21,25H,5-10,18-19H2,1-4H3,(H,30,34)/t25-/m1/s1. The number of hydrogen-bond acceptors (Lipinski definition) is 6. The van der Waals surface area contributed by atoms with E-state index >= 15 is 0 Å². The molecule has 39 heavy (non-hydrogen) atoms. The van der Waals surface area contributed by atoms with Gasteiger partial charge in [-0.1, -0.05) is 49.9 Å². The van der Waals surface area contributed by atoms with Crippen molar-refractivity contribution in [1.29, 1.82) is 0 Å². The molecule has 0 heterocycles. The lowest BCUT2D eigenvalue weighted by Gasteiger charge is -2.34. The minimum atomic E-state index is -3.87. The van der Waals surface area contributed by atoms with Gasteiger partial charge in [-0.3, -0.25) is 13.9 Å². The molecule has 1 fully saturated rings. The van der Waals surface area contributed by atoms with Crippen molar-refractivity contribution >= 4 is 39.1 Å². The lowest BCUT2D eigenvalue weighted by Crippen LogP contribution is -2.53. The molecule has 1 N–H and O–H groups in total. The number of methoxy groups -OCH3 is 2. The number of amides is 2. The van der Waals surface area contributed by atoms with Crippen LogP contribution in [0.1, 0.15) is 51.0 Å². The second-order valence-electron chi connectivity index (χ2n) is 9.73. The van der Waals surface area contributed by atoms with E-state index in [1.54, 1.807) is 25.3 Å². The van der Waals surface area contributed by atoms with Crippen molar-refractivity contribution in [3.8, 4) is 11.5 Å². The molecule has 9 nitrogen and oxygen atoms in total. The van der Waals surface area contributed by atoms with Gasteiger partial charge in [-0.05, 0) is 55.2 Å². The van der Waals surface area contributed by atoms with Gasteiger partial charge in [0.15, 0.2) is 0 Å². The number of benzene rings is 2. The van der Waals surface area contributed by atoms with Crippen molar-refractivity contribution in [1.82, 2.24) is 10.2 Å². The first kappa shape index (κ1) is 30.6. The fraction of sp³-hybridized carbons (Fsp3) is 0.500. The molecule has 1 saturated carbocycles. The average Bonchev–Trinajstić information content (AvgIpc) is 2.91. The highest BCUT2D eigenvalue weighted by atomic mass is 35.5. The van der Waals surface area contributed by atoms with Crippen LogP contribution in [0.25, 0.3) is 0 Å². The van der Waals surface area contributed by atoms with Crippen LogP contribution in [0.2, 0.25) is 5.02 Å². The smallest absolute Gasteiger partial charge is 0.244 e. The monoisotopic (exact) mass is 579 g/mol. The predicted octanol–water partition coefficient (Wildman–Crippen LogP) is 4.38. The number of sulfonamides is 1. The van der Waals surface area contributed by atoms with E-state index < -0.39 is 28.5 Å². The zero-order chi connectivity index (χ0) is 28.6. The third kappa shape index (κ3) is 8.25. The minimum Gasteiger partial charge on any atom is -0.497 e. The molecule has 0 aromatic heterocycles. The minimum absolute atomic E-state index is 0.0761. The van der Waals surface area contributed by atoms with Gasteiger partial charge in [0, 0.05) is 12.6 Å². The third-order valence-electron chi connectivity index (χ3n) is 6.95. The number of anilines is 1. The highest BCUT2D eigenvalue weighted by Gasteiger charge is 2.33. The van der Waals surface area contributed by atoms with Crippen molar-refractivity contribution in [3.63, 3.8) is 0 Å². The van der Waals surface area contributed by atoms with Crippen LogP contribution in [0.5, 0.6) is 11.5 Å². The van der Waals surface area contributed by atoms with Gasteiger partial charge >= 0.3 is 0 Å². The predicted molar refractivity (Wildman–Crippen MR) is 153 cm³/mol. The zero-order valence-electron chi connectivity index (χ0n) is 23.0. The second-order valence-corrected chi connectivity index (χ2v) is 12.0. The molecule has 11 heteroatoms. The number of nitrogens with zero attached hydrogens (tertiary/aromatic N) is 2. The Kier molecular flexibility index (Phi) is 10.9. The molecular weight excluding hydrogens is 542 g/mol. The van der Waals surface area contributed by atoms with Crippen LogP contribution < -0.4 is 19.1 Å². The van der Waals surface area contributed by atoms with Gasteiger partial charge in [0.1, 0.15) is 24.1 Å². The summed E-state index contributed by atoms with van der Waals surface area (Å²) in [6.07, 6.45) is 6.49. The van der Waals surface area contributed by atoms with Gasteiger partial charge in [0.05, 0.1) is 31.2 Å². The maximum Gasteiger partial charge on any atom is 0.244 e. The number of rotatable bonds is 12. The Labute approximate surface area is 236 Å². The molecule has 2 aromatic rings. The van der Waals surface area contributed by atoms with Gasteiger partial charge in [0.25, 0.3) is 0 Å². The van der Waals surface area contributed by atoms with Crippen molar-refractivity contribution in [2.24, 2.45) is 0 Å². The molecular formula is C28H38ClN3O6S. The molecule has 1 aliphatic rings. The molecule has 0 unspecified atom stereocenters. The van der Waals surface area contributed by atoms with Crippen LogP contribution in [0.3, 0.4) is 0 Å². The number of halogens is 1. The van der Waals surface area contributed by atoms with Gasteiger partial charge in [-0.15, -0.1) is 0 Å². The number of nitrogens with one attached hydrogen (secondary N) is 1. The van der Waals surface area contributed by atoms with Crippen LogP contribution in [0.4, 0.5) is 5.69 Å². The molecule has 1 aliphatic carbocycles. The van der Waals surface area contributed by atoms with Crippen LogP contribution in [-0.4, -0.2) is 64.2 Å². The quantitative estimate of drug-likeness (QED) is 0.400. The van der Waals surface area contributed by atoms with E-state index in [2.05, 4.69) is 5.32 Å². The molecule has 2 amide bonds. The Morgan fingerprint density at radius 1 is 1.05 bits per heavy atom. The number of hydrogen-bond donors (Lipinski definition) is 1. The second kappa shape index (κ2) is 13.9. The summed E-state index contributed by atoms with van der Waals surface area (Å²) in [4.78, 5) is 28.8. The molecule has 2 aromatic carbocycles. The Balaban J connectivity index is 1.93. The highest BCUT2D eigenvalue weighted by Crippen LogP contribution is 2.30. The van der Waals surface area contributed by atoms with E-state index in [1.807, 2.05) is 19.1 Å². The molecule has 0 saturated heterocycles. The average molecular weight is 580 g/mol. The van der Waals surface area contributed by atoms with Crippen LogP contribution in [0, 0.1) is 0 Å². The first-order valence-corrected chi connectivity index (χ1v) is 15.3. The molecule has 214 valence electrons. The van der Waals surface area contributed by atoms with Gasteiger partial charge in [-0.2, -0.15) is 0 Å². The van der Waals surface area contributed by atoms with E-state index in [0.29, 0.717) is 17.9 Å². The van der Waals surface area contributed by atoms with Crippen molar-refractivity contribution < 1.29 is 27.5 Å². The van der Waals surface area contributed by atoms with E-state index in [9.17, 15) is 18.0 Å². The van der Waals surface area contributed by atoms with Gasteiger partial charge in [-0.25, -0.2) is 8.42 Å². The lowest BCUT2D eigenvalue weighted by molar-refractivity contribution is -0.140.